The Kier molecular flexibility index (Phi) is 2.23. The zero-order valence-electron chi connectivity index (χ0n) is 8.21. The van der Waals surface area contributed by atoms with E-state index in [2.05, 4.69) is 4.98 Å². The first kappa shape index (κ1) is 9.19. The van der Waals surface area contributed by atoms with Gasteiger partial charge in [0.05, 0.1) is 11.3 Å². The molecule has 3 heteroatoms. The van der Waals surface area contributed by atoms with Crippen molar-refractivity contribution in [1.29, 1.82) is 0 Å². The number of hydrogen-bond acceptors (Lipinski definition) is 2. The summed E-state index contributed by atoms with van der Waals surface area (Å²) in [5.74, 6) is -0.839. The fourth-order valence-corrected chi connectivity index (χ4v) is 2.10. The second-order valence-corrected chi connectivity index (χ2v) is 3.73. The number of aromatic carboxylic acids is 1. The molecule has 2 rings (SSSR count). The Balaban J connectivity index is 2.60. The van der Waals surface area contributed by atoms with Crippen LogP contribution >= 0.6 is 0 Å². The van der Waals surface area contributed by atoms with Gasteiger partial charge in [-0.05, 0) is 43.7 Å². The average molecular weight is 191 g/mol. The number of carboxylic acids is 1. The smallest absolute Gasteiger partial charge is 0.337 e. The summed E-state index contributed by atoms with van der Waals surface area (Å²) in [4.78, 5) is 15.2. The molecule has 1 aliphatic rings. The maximum absolute atomic E-state index is 11.1. The summed E-state index contributed by atoms with van der Waals surface area (Å²) in [6.07, 6.45) is 5.94. The van der Waals surface area contributed by atoms with Gasteiger partial charge in [0.1, 0.15) is 0 Å². The third-order valence-electron chi connectivity index (χ3n) is 2.80. The van der Waals surface area contributed by atoms with Crippen LogP contribution in [0.5, 0.6) is 0 Å². The van der Waals surface area contributed by atoms with E-state index in [4.69, 9.17) is 5.11 Å². The predicted molar refractivity (Wildman–Crippen MR) is 52.6 cm³/mol. The quantitative estimate of drug-likeness (QED) is 0.738. The van der Waals surface area contributed by atoms with Crippen LogP contribution in [-0.2, 0) is 12.8 Å². The Hall–Kier alpha value is -1.38. The predicted octanol–water partition coefficient (Wildman–Crippen LogP) is 1.97. The van der Waals surface area contributed by atoms with Crippen LogP contribution < -0.4 is 0 Å². The number of pyridine rings is 1. The minimum atomic E-state index is -0.839. The number of fused-ring (bicyclic) bond motifs is 1. The van der Waals surface area contributed by atoms with Gasteiger partial charge in [-0.2, -0.15) is 0 Å². The molecular formula is C11H13NO2. The molecule has 1 N–H and O–H groups in total. The van der Waals surface area contributed by atoms with E-state index in [1.54, 1.807) is 6.92 Å². The lowest BCUT2D eigenvalue weighted by molar-refractivity contribution is 0.0694. The van der Waals surface area contributed by atoms with Crippen LogP contribution in [0, 0.1) is 6.92 Å². The van der Waals surface area contributed by atoms with Crippen molar-refractivity contribution in [3.8, 4) is 0 Å². The van der Waals surface area contributed by atoms with Gasteiger partial charge in [0.25, 0.3) is 0 Å². The lowest BCUT2D eigenvalue weighted by Crippen LogP contribution is -2.13. The van der Waals surface area contributed by atoms with E-state index in [0.29, 0.717) is 11.3 Å². The fourth-order valence-electron chi connectivity index (χ4n) is 2.10. The van der Waals surface area contributed by atoms with Crippen molar-refractivity contribution in [2.45, 2.75) is 32.6 Å². The van der Waals surface area contributed by atoms with Crippen molar-refractivity contribution in [3.05, 3.63) is 28.6 Å². The molecule has 74 valence electrons. The maximum atomic E-state index is 11.1. The lowest BCUT2D eigenvalue weighted by Gasteiger charge is -2.18. The highest BCUT2D eigenvalue weighted by Crippen LogP contribution is 2.25. The number of rotatable bonds is 1. The third kappa shape index (κ3) is 1.39. The molecule has 1 aromatic rings. The van der Waals surface area contributed by atoms with Crippen molar-refractivity contribution in [1.82, 2.24) is 4.98 Å². The SMILES string of the molecule is Cc1ncc2c(c1C(=O)O)CCCC2. The first-order valence-electron chi connectivity index (χ1n) is 4.91. The number of hydrogen-bond donors (Lipinski definition) is 1. The highest BCUT2D eigenvalue weighted by molar-refractivity contribution is 5.91. The third-order valence-corrected chi connectivity index (χ3v) is 2.80. The molecule has 0 unspecified atom stereocenters. The van der Waals surface area contributed by atoms with Gasteiger partial charge in [0, 0.05) is 6.20 Å². The molecule has 0 saturated heterocycles. The van der Waals surface area contributed by atoms with E-state index >= 15 is 0 Å². The monoisotopic (exact) mass is 191 g/mol. The highest BCUT2D eigenvalue weighted by Gasteiger charge is 2.19. The Morgan fingerprint density at radius 1 is 1.43 bits per heavy atom. The van der Waals surface area contributed by atoms with E-state index in [1.807, 2.05) is 6.20 Å². The largest absolute Gasteiger partial charge is 0.478 e. The topological polar surface area (TPSA) is 50.2 Å². The zero-order chi connectivity index (χ0) is 10.1. The Morgan fingerprint density at radius 3 is 2.86 bits per heavy atom. The second-order valence-electron chi connectivity index (χ2n) is 3.73. The van der Waals surface area contributed by atoms with Crippen LogP contribution in [0.25, 0.3) is 0 Å². The summed E-state index contributed by atoms with van der Waals surface area (Å²) >= 11 is 0. The van der Waals surface area contributed by atoms with Crippen LogP contribution in [0.15, 0.2) is 6.20 Å². The van der Waals surface area contributed by atoms with Crippen molar-refractivity contribution in [2.24, 2.45) is 0 Å². The van der Waals surface area contributed by atoms with Crippen molar-refractivity contribution < 1.29 is 9.90 Å². The first-order valence-corrected chi connectivity index (χ1v) is 4.91. The highest BCUT2D eigenvalue weighted by atomic mass is 16.4. The maximum Gasteiger partial charge on any atom is 0.337 e. The van der Waals surface area contributed by atoms with Gasteiger partial charge < -0.3 is 5.11 Å². The molecule has 1 heterocycles. The molecule has 0 atom stereocenters. The summed E-state index contributed by atoms with van der Waals surface area (Å²) in [6.45, 7) is 1.76. The Morgan fingerprint density at radius 2 is 2.14 bits per heavy atom. The number of aromatic nitrogens is 1. The van der Waals surface area contributed by atoms with Gasteiger partial charge in [0.15, 0.2) is 0 Å². The molecule has 1 aromatic heterocycles. The van der Waals surface area contributed by atoms with Crippen LogP contribution in [-0.4, -0.2) is 16.1 Å². The molecule has 0 radical (unpaired) electrons. The van der Waals surface area contributed by atoms with Crippen molar-refractivity contribution >= 4 is 5.97 Å². The molecule has 0 fully saturated rings. The molecule has 0 amide bonds. The number of carbonyl (C=O) groups is 1. The lowest BCUT2D eigenvalue weighted by atomic mass is 9.89. The standard InChI is InChI=1S/C11H13NO2/c1-7-10(11(13)14)9-5-3-2-4-8(9)6-12-7/h6H,2-5H2,1H3,(H,13,14). The molecule has 14 heavy (non-hydrogen) atoms. The average Bonchev–Trinajstić information content (AvgIpc) is 2.17. The van der Waals surface area contributed by atoms with Crippen LogP contribution in [0.4, 0.5) is 0 Å². The van der Waals surface area contributed by atoms with Gasteiger partial charge in [-0.15, -0.1) is 0 Å². The van der Waals surface area contributed by atoms with E-state index in [1.165, 1.54) is 0 Å². The van der Waals surface area contributed by atoms with Gasteiger partial charge in [0.2, 0.25) is 0 Å². The number of nitrogens with zero attached hydrogens (tertiary/aromatic N) is 1. The molecule has 1 aliphatic carbocycles. The fraction of sp³-hybridized carbons (Fsp3) is 0.455. The van der Waals surface area contributed by atoms with E-state index in [0.717, 1.165) is 36.8 Å². The van der Waals surface area contributed by atoms with E-state index in [9.17, 15) is 4.79 Å². The normalized spacial score (nSPS) is 14.9. The van der Waals surface area contributed by atoms with Gasteiger partial charge in [-0.25, -0.2) is 4.79 Å². The van der Waals surface area contributed by atoms with E-state index < -0.39 is 5.97 Å². The number of carboxylic acid groups (broad SMARTS) is 1. The summed E-state index contributed by atoms with van der Waals surface area (Å²) in [5, 5.41) is 9.08. The minimum Gasteiger partial charge on any atom is -0.478 e. The molecular weight excluding hydrogens is 178 g/mol. The van der Waals surface area contributed by atoms with Gasteiger partial charge >= 0.3 is 5.97 Å². The summed E-state index contributed by atoms with van der Waals surface area (Å²) in [6, 6.07) is 0. The number of aryl methyl sites for hydroxylation is 2. The van der Waals surface area contributed by atoms with Crippen LogP contribution in [0.1, 0.15) is 40.0 Å². The van der Waals surface area contributed by atoms with Gasteiger partial charge in [-0.3, -0.25) is 4.98 Å². The molecule has 0 saturated carbocycles. The van der Waals surface area contributed by atoms with Crippen molar-refractivity contribution in [3.63, 3.8) is 0 Å². The molecule has 3 nitrogen and oxygen atoms in total. The second kappa shape index (κ2) is 3.40. The zero-order valence-corrected chi connectivity index (χ0v) is 8.21. The summed E-state index contributed by atoms with van der Waals surface area (Å²) < 4.78 is 0. The minimum absolute atomic E-state index is 0.433. The molecule has 0 bridgehead atoms. The Bertz CT molecular complexity index is 385. The summed E-state index contributed by atoms with van der Waals surface area (Å²) in [7, 11) is 0. The van der Waals surface area contributed by atoms with Crippen LogP contribution in [0.2, 0.25) is 0 Å². The first-order chi connectivity index (χ1) is 6.70. The molecule has 0 aliphatic heterocycles. The Labute approximate surface area is 82.8 Å². The summed E-state index contributed by atoms with van der Waals surface area (Å²) in [5.41, 5.74) is 3.20. The molecule has 0 aromatic carbocycles. The van der Waals surface area contributed by atoms with Crippen molar-refractivity contribution in [2.75, 3.05) is 0 Å². The van der Waals surface area contributed by atoms with Gasteiger partial charge in [-0.1, -0.05) is 0 Å². The van der Waals surface area contributed by atoms with Crippen LogP contribution in [0.3, 0.4) is 0 Å². The van der Waals surface area contributed by atoms with E-state index in [-0.39, 0.29) is 0 Å². The molecule has 0 spiro atoms.